The lowest BCUT2D eigenvalue weighted by Crippen LogP contribution is -2.69. The summed E-state index contributed by atoms with van der Waals surface area (Å²) in [6.07, 6.45) is -6.18. The van der Waals surface area contributed by atoms with Gasteiger partial charge in [-0.1, -0.05) is 13.3 Å². The maximum atomic E-state index is 12.4. The van der Waals surface area contributed by atoms with Gasteiger partial charge in [0.2, 0.25) is 0 Å². The van der Waals surface area contributed by atoms with Crippen LogP contribution in [-0.4, -0.2) is 109 Å². The largest absolute Gasteiger partial charge is 0.481 e. The Labute approximate surface area is 216 Å². The van der Waals surface area contributed by atoms with E-state index >= 15 is 0 Å². The fourth-order valence-electron chi connectivity index (χ4n) is 9.67. The van der Waals surface area contributed by atoms with Crippen molar-refractivity contribution in [1.82, 2.24) is 0 Å². The Balaban J connectivity index is 1.50. The van der Waals surface area contributed by atoms with Crippen molar-refractivity contribution in [1.29, 1.82) is 0 Å². The molecule has 5 rings (SSSR count). The van der Waals surface area contributed by atoms with E-state index in [1.807, 2.05) is 6.92 Å². The van der Waals surface area contributed by atoms with Crippen LogP contribution in [0.15, 0.2) is 0 Å². The molecule has 212 valence electrons. The van der Waals surface area contributed by atoms with Crippen molar-refractivity contribution >= 4 is 5.97 Å². The lowest BCUT2D eigenvalue weighted by atomic mass is 9.39. The van der Waals surface area contributed by atoms with Crippen molar-refractivity contribution in [3.05, 3.63) is 0 Å². The Morgan fingerprint density at radius 1 is 0.973 bits per heavy atom. The van der Waals surface area contributed by atoms with Crippen molar-refractivity contribution in [2.75, 3.05) is 13.2 Å². The van der Waals surface area contributed by atoms with E-state index in [2.05, 4.69) is 0 Å². The molecule has 0 amide bonds. The Bertz CT molecular complexity index is 900. The van der Waals surface area contributed by atoms with Crippen LogP contribution in [0.2, 0.25) is 0 Å². The van der Waals surface area contributed by atoms with Gasteiger partial charge in [0.25, 0.3) is 0 Å². The van der Waals surface area contributed by atoms with Crippen LogP contribution >= 0.6 is 0 Å². The molecule has 11 heteroatoms. The molecule has 0 unspecified atom stereocenters. The zero-order valence-corrected chi connectivity index (χ0v) is 21.4. The highest BCUT2D eigenvalue weighted by Crippen LogP contribution is 2.73. The van der Waals surface area contributed by atoms with Crippen LogP contribution in [0.1, 0.15) is 58.8 Å². The van der Waals surface area contributed by atoms with E-state index in [0.29, 0.717) is 32.1 Å². The summed E-state index contributed by atoms with van der Waals surface area (Å²) in [5, 5.41) is 84.6. The average molecular weight is 531 g/mol. The molecule has 1 heterocycles. The number of carboxylic acid groups (broad SMARTS) is 1. The third kappa shape index (κ3) is 3.62. The third-order valence-corrected chi connectivity index (χ3v) is 11.3. The van der Waals surface area contributed by atoms with E-state index in [4.69, 9.17) is 9.47 Å². The average Bonchev–Trinajstić information content (AvgIpc) is 3.10. The van der Waals surface area contributed by atoms with Crippen LogP contribution in [0.3, 0.4) is 0 Å². The summed E-state index contributed by atoms with van der Waals surface area (Å²) in [4.78, 5) is 12.4. The molecular formula is C26H42O11. The maximum Gasteiger partial charge on any atom is 0.309 e. The molecule has 4 aliphatic carbocycles. The molecule has 4 saturated carbocycles. The van der Waals surface area contributed by atoms with Crippen molar-refractivity contribution in [2.24, 2.45) is 34.0 Å². The fourth-order valence-corrected chi connectivity index (χ4v) is 9.67. The van der Waals surface area contributed by atoms with E-state index in [1.54, 1.807) is 6.92 Å². The van der Waals surface area contributed by atoms with Gasteiger partial charge < -0.3 is 50.3 Å². The smallest absolute Gasteiger partial charge is 0.309 e. The van der Waals surface area contributed by atoms with Crippen LogP contribution in [0.25, 0.3) is 0 Å². The van der Waals surface area contributed by atoms with E-state index in [0.717, 1.165) is 6.42 Å². The number of ether oxygens (including phenoxy) is 2. The lowest BCUT2D eigenvalue weighted by Gasteiger charge is -2.66. The summed E-state index contributed by atoms with van der Waals surface area (Å²) in [6.45, 7) is 2.64. The molecule has 0 aromatic rings. The number of aliphatic hydroxyl groups excluding tert-OH is 7. The Kier molecular flexibility index (Phi) is 6.78. The number of hydrogen-bond donors (Lipinski definition) is 8. The minimum absolute atomic E-state index is 0.120. The number of aliphatic hydroxyl groups is 7. The molecule has 37 heavy (non-hydrogen) atoms. The topological polar surface area (TPSA) is 197 Å². The quantitative estimate of drug-likeness (QED) is 0.216. The molecular weight excluding hydrogens is 488 g/mol. The van der Waals surface area contributed by atoms with Gasteiger partial charge in [0.1, 0.15) is 24.4 Å². The standard InChI is InChI=1S/C26H42O11/c1-23-6-3-7-24(2,22(34)35)19(23)18(32)20(33)25-8-12(4-5-14(23)25)26(10-25,11-28)37-21-17(31)16(30)15(29)13(9-27)36-21/h12-21,27-33H,3-11H2,1-2H3,(H,34,35)/t12-,13+,14-,15+,16-,17+,18+,19+,20+,21-,23+,24-,25-,26-/m0/s1. The van der Waals surface area contributed by atoms with Gasteiger partial charge in [0, 0.05) is 11.3 Å². The zero-order valence-electron chi connectivity index (χ0n) is 21.4. The number of carbonyl (C=O) groups is 1. The second-order valence-corrected chi connectivity index (χ2v) is 13.0. The van der Waals surface area contributed by atoms with Crippen molar-refractivity contribution in [2.45, 2.75) is 107 Å². The maximum absolute atomic E-state index is 12.4. The van der Waals surface area contributed by atoms with E-state index in [9.17, 15) is 45.6 Å². The zero-order chi connectivity index (χ0) is 27.1. The van der Waals surface area contributed by atoms with Gasteiger partial charge in [-0.2, -0.15) is 0 Å². The first-order valence-corrected chi connectivity index (χ1v) is 13.5. The van der Waals surface area contributed by atoms with E-state index < -0.39 is 89.9 Å². The van der Waals surface area contributed by atoms with Gasteiger partial charge in [-0.05, 0) is 62.7 Å². The Morgan fingerprint density at radius 2 is 1.68 bits per heavy atom. The van der Waals surface area contributed by atoms with Crippen LogP contribution < -0.4 is 0 Å². The van der Waals surface area contributed by atoms with Gasteiger partial charge in [0.05, 0.1) is 36.4 Å². The second kappa shape index (κ2) is 9.07. The van der Waals surface area contributed by atoms with E-state index in [1.165, 1.54) is 0 Å². The summed E-state index contributed by atoms with van der Waals surface area (Å²) in [7, 11) is 0. The summed E-state index contributed by atoms with van der Waals surface area (Å²) in [5.41, 5.74) is -3.84. The molecule has 2 bridgehead atoms. The minimum Gasteiger partial charge on any atom is -0.481 e. The van der Waals surface area contributed by atoms with Crippen molar-refractivity contribution in [3.8, 4) is 0 Å². The molecule has 5 fully saturated rings. The second-order valence-electron chi connectivity index (χ2n) is 13.0. The van der Waals surface area contributed by atoms with Crippen molar-refractivity contribution < 1.29 is 55.1 Å². The molecule has 0 aromatic carbocycles. The van der Waals surface area contributed by atoms with E-state index in [-0.39, 0.29) is 18.3 Å². The Hall–Kier alpha value is -0.890. The summed E-state index contributed by atoms with van der Waals surface area (Å²) in [6, 6.07) is 0. The van der Waals surface area contributed by atoms with Crippen molar-refractivity contribution in [3.63, 3.8) is 0 Å². The molecule has 5 aliphatic rings. The minimum atomic E-state index is -1.63. The van der Waals surface area contributed by atoms with Gasteiger partial charge in [-0.15, -0.1) is 0 Å². The van der Waals surface area contributed by atoms with Gasteiger partial charge in [-0.25, -0.2) is 0 Å². The van der Waals surface area contributed by atoms with Crippen LogP contribution in [0.5, 0.6) is 0 Å². The first kappa shape index (κ1) is 27.7. The molecule has 0 aromatic heterocycles. The normalized spacial score (nSPS) is 57.4. The van der Waals surface area contributed by atoms with Gasteiger partial charge in [0.15, 0.2) is 6.29 Å². The molecule has 11 nitrogen and oxygen atoms in total. The fraction of sp³-hybridized carbons (Fsp3) is 0.962. The van der Waals surface area contributed by atoms with Gasteiger partial charge >= 0.3 is 5.97 Å². The predicted octanol–water partition coefficient (Wildman–Crippen LogP) is -1.03. The molecule has 1 saturated heterocycles. The Morgan fingerprint density at radius 3 is 2.30 bits per heavy atom. The van der Waals surface area contributed by atoms with Gasteiger partial charge in [-0.3, -0.25) is 4.79 Å². The molecule has 0 radical (unpaired) electrons. The third-order valence-electron chi connectivity index (χ3n) is 11.3. The number of hydrogen-bond acceptors (Lipinski definition) is 10. The predicted molar refractivity (Wildman–Crippen MR) is 126 cm³/mol. The highest BCUT2D eigenvalue weighted by molar-refractivity contribution is 5.75. The molecule has 1 spiro atoms. The molecule has 14 atom stereocenters. The summed E-state index contributed by atoms with van der Waals surface area (Å²) < 4.78 is 11.8. The highest BCUT2D eigenvalue weighted by Gasteiger charge is 2.74. The number of aliphatic carboxylic acids is 1. The number of rotatable bonds is 5. The number of fused-ring (bicyclic) bond motifs is 3. The first-order valence-electron chi connectivity index (χ1n) is 13.5. The van der Waals surface area contributed by atoms with Crippen LogP contribution in [0, 0.1) is 34.0 Å². The highest BCUT2D eigenvalue weighted by atomic mass is 16.7. The first-order chi connectivity index (χ1) is 17.3. The molecule has 1 aliphatic heterocycles. The van der Waals surface area contributed by atoms with Crippen LogP contribution in [-0.2, 0) is 14.3 Å². The van der Waals surface area contributed by atoms with Crippen LogP contribution in [0.4, 0.5) is 0 Å². The number of carboxylic acids is 1. The summed E-state index contributed by atoms with van der Waals surface area (Å²) in [5.74, 6) is -1.98. The molecule has 8 N–H and O–H groups in total. The monoisotopic (exact) mass is 530 g/mol. The SMILES string of the molecule is C[C@]12CCC[C@](C)(C(=O)O)[C@@H]1[C@@H](O)[C@@H](O)[C@]13C[C@H](CC[C@@H]21)[C@](CO)(O[C@@H]1O[C@H](CO)[C@@H](O)[C@H](O)[C@H]1O)C3. The summed E-state index contributed by atoms with van der Waals surface area (Å²) >= 11 is 0. The lowest BCUT2D eigenvalue weighted by molar-refractivity contribution is -0.335.